The predicted octanol–water partition coefficient (Wildman–Crippen LogP) is 3.49. The van der Waals surface area contributed by atoms with Gasteiger partial charge in [0.2, 0.25) is 5.91 Å². The molecule has 1 aliphatic rings. The van der Waals surface area contributed by atoms with Gasteiger partial charge in [-0.1, -0.05) is 12.1 Å². The van der Waals surface area contributed by atoms with Gasteiger partial charge in [-0.25, -0.2) is 4.98 Å². The Kier molecular flexibility index (Phi) is 7.17. The molecule has 0 bridgehead atoms. The molecule has 0 radical (unpaired) electrons. The van der Waals surface area contributed by atoms with Gasteiger partial charge in [0.25, 0.3) is 0 Å². The van der Waals surface area contributed by atoms with Gasteiger partial charge >= 0.3 is 0 Å². The molecule has 2 heterocycles. The molecule has 1 saturated heterocycles. The van der Waals surface area contributed by atoms with Gasteiger partial charge in [0, 0.05) is 30.6 Å². The van der Waals surface area contributed by atoms with E-state index in [0.717, 1.165) is 44.0 Å². The van der Waals surface area contributed by atoms with Gasteiger partial charge in [-0.05, 0) is 63.0 Å². The SMILES string of the molecule is CN(Cc1cccc(NC(=O)CCC2CCNCC2)c1)Cc1cscn1. The number of thiazole rings is 1. The number of nitrogens with one attached hydrogen (secondary N) is 2. The van der Waals surface area contributed by atoms with Crippen molar-refractivity contribution in [2.45, 2.75) is 38.8 Å². The first kappa shape index (κ1) is 19.0. The molecule has 1 aromatic heterocycles. The Morgan fingerprint density at radius 2 is 2.19 bits per heavy atom. The number of nitrogens with zero attached hydrogens (tertiary/aromatic N) is 2. The Labute approximate surface area is 159 Å². The van der Waals surface area contributed by atoms with E-state index in [-0.39, 0.29) is 5.91 Å². The smallest absolute Gasteiger partial charge is 0.224 e. The summed E-state index contributed by atoms with van der Waals surface area (Å²) in [6.07, 6.45) is 3.98. The van der Waals surface area contributed by atoms with Crippen LogP contribution in [0.1, 0.15) is 36.9 Å². The van der Waals surface area contributed by atoms with Crippen LogP contribution in [0.2, 0.25) is 0 Å². The van der Waals surface area contributed by atoms with Crippen LogP contribution in [0.3, 0.4) is 0 Å². The van der Waals surface area contributed by atoms with Crippen molar-refractivity contribution >= 4 is 22.9 Å². The maximum absolute atomic E-state index is 12.3. The summed E-state index contributed by atoms with van der Waals surface area (Å²) in [6.45, 7) is 3.83. The van der Waals surface area contributed by atoms with E-state index in [4.69, 9.17) is 0 Å². The molecule has 1 fully saturated rings. The van der Waals surface area contributed by atoms with Crippen molar-refractivity contribution in [2.75, 3.05) is 25.5 Å². The molecule has 0 spiro atoms. The van der Waals surface area contributed by atoms with E-state index in [1.807, 2.05) is 17.6 Å². The number of piperidine rings is 1. The van der Waals surface area contributed by atoms with Gasteiger partial charge < -0.3 is 10.6 Å². The van der Waals surface area contributed by atoms with E-state index in [1.54, 1.807) is 11.3 Å². The molecular formula is C20H28N4OS. The summed E-state index contributed by atoms with van der Waals surface area (Å²) in [4.78, 5) is 18.8. The summed E-state index contributed by atoms with van der Waals surface area (Å²) in [7, 11) is 2.09. The van der Waals surface area contributed by atoms with E-state index in [9.17, 15) is 4.79 Å². The molecule has 2 N–H and O–H groups in total. The van der Waals surface area contributed by atoms with Gasteiger partial charge in [0.1, 0.15) is 0 Å². The van der Waals surface area contributed by atoms with E-state index in [0.29, 0.717) is 12.3 Å². The minimum atomic E-state index is 0.122. The summed E-state index contributed by atoms with van der Waals surface area (Å²) < 4.78 is 0. The Balaban J connectivity index is 1.46. The summed E-state index contributed by atoms with van der Waals surface area (Å²) >= 11 is 1.62. The quantitative estimate of drug-likeness (QED) is 0.745. The van der Waals surface area contributed by atoms with Crippen LogP contribution in [0, 0.1) is 5.92 Å². The largest absolute Gasteiger partial charge is 0.326 e. The zero-order valence-electron chi connectivity index (χ0n) is 15.4. The highest BCUT2D eigenvalue weighted by Crippen LogP contribution is 2.19. The summed E-state index contributed by atoms with van der Waals surface area (Å²) in [6, 6.07) is 8.14. The fourth-order valence-corrected chi connectivity index (χ4v) is 3.99. The number of rotatable bonds is 8. The van der Waals surface area contributed by atoms with Gasteiger partial charge in [-0.15, -0.1) is 11.3 Å². The lowest BCUT2D eigenvalue weighted by atomic mass is 9.93. The first-order valence-electron chi connectivity index (χ1n) is 9.34. The van der Waals surface area contributed by atoms with Gasteiger partial charge in [0.05, 0.1) is 11.2 Å². The second-order valence-electron chi connectivity index (χ2n) is 7.13. The van der Waals surface area contributed by atoms with Crippen molar-refractivity contribution in [3.05, 3.63) is 46.4 Å². The molecule has 26 heavy (non-hydrogen) atoms. The molecule has 1 aromatic carbocycles. The zero-order chi connectivity index (χ0) is 18.2. The maximum Gasteiger partial charge on any atom is 0.224 e. The first-order chi connectivity index (χ1) is 12.7. The molecular weight excluding hydrogens is 344 g/mol. The second kappa shape index (κ2) is 9.80. The molecule has 0 atom stereocenters. The average Bonchev–Trinajstić information content (AvgIpc) is 3.14. The van der Waals surface area contributed by atoms with Crippen molar-refractivity contribution in [3.63, 3.8) is 0 Å². The van der Waals surface area contributed by atoms with Gasteiger partial charge in [-0.3, -0.25) is 9.69 Å². The fraction of sp³-hybridized carbons (Fsp3) is 0.500. The number of amides is 1. The molecule has 1 amide bonds. The Bertz CT molecular complexity index is 683. The highest BCUT2D eigenvalue weighted by Gasteiger charge is 2.14. The third-order valence-corrected chi connectivity index (χ3v) is 5.45. The Hall–Kier alpha value is -1.76. The number of aromatic nitrogens is 1. The average molecular weight is 373 g/mol. The lowest BCUT2D eigenvalue weighted by Gasteiger charge is -2.22. The van der Waals surface area contributed by atoms with Crippen molar-refractivity contribution in [1.29, 1.82) is 0 Å². The van der Waals surface area contributed by atoms with Crippen molar-refractivity contribution in [1.82, 2.24) is 15.2 Å². The molecule has 2 aromatic rings. The Morgan fingerprint density at radius 1 is 1.35 bits per heavy atom. The van der Waals surface area contributed by atoms with Crippen molar-refractivity contribution in [3.8, 4) is 0 Å². The third kappa shape index (κ3) is 6.20. The number of hydrogen-bond acceptors (Lipinski definition) is 5. The molecule has 0 aliphatic carbocycles. The van der Waals surface area contributed by atoms with E-state index < -0.39 is 0 Å². The van der Waals surface area contributed by atoms with Gasteiger partial charge in [-0.2, -0.15) is 0 Å². The molecule has 1 aliphatic heterocycles. The van der Waals surface area contributed by atoms with Gasteiger partial charge in [0.15, 0.2) is 0 Å². The lowest BCUT2D eigenvalue weighted by Crippen LogP contribution is -2.28. The normalized spacial score (nSPS) is 15.3. The molecule has 6 heteroatoms. The fourth-order valence-electron chi connectivity index (χ4n) is 3.44. The zero-order valence-corrected chi connectivity index (χ0v) is 16.2. The topological polar surface area (TPSA) is 57.3 Å². The van der Waals surface area contributed by atoms with E-state index in [2.05, 4.69) is 45.1 Å². The summed E-state index contributed by atoms with van der Waals surface area (Å²) in [5.74, 6) is 0.809. The maximum atomic E-state index is 12.3. The first-order valence-corrected chi connectivity index (χ1v) is 10.3. The molecule has 140 valence electrons. The van der Waals surface area contributed by atoms with E-state index >= 15 is 0 Å². The molecule has 5 nitrogen and oxygen atoms in total. The lowest BCUT2D eigenvalue weighted by molar-refractivity contribution is -0.116. The van der Waals surface area contributed by atoms with Crippen molar-refractivity contribution in [2.24, 2.45) is 5.92 Å². The van der Waals surface area contributed by atoms with Crippen molar-refractivity contribution < 1.29 is 4.79 Å². The third-order valence-electron chi connectivity index (χ3n) is 4.82. The monoisotopic (exact) mass is 372 g/mol. The van der Waals surface area contributed by atoms with Crippen LogP contribution in [-0.2, 0) is 17.9 Å². The van der Waals surface area contributed by atoms with Crippen LogP contribution in [0.4, 0.5) is 5.69 Å². The highest BCUT2D eigenvalue weighted by atomic mass is 32.1. The van der Waals surface area contributed by atoms with Crippen LogP contribution in [0.5, 0.6) is 0 Å². The second-order valence-corrected chi connectivity index (χ2v) is 7.85. The van der Waals surface area contributed by atoms with Crippen LogP contribution in [0.25, 0.3) is 0 Å². The molecule has 0 saturated carbocycles. The molecule has 0 unspecified atom stereocenters. The number of anilines is 1. The number of hydrogen-bond donors (Lipinski definition) is 2. The van der Waals surface area contributed by atoms with E-state index in [1.165, 1.54) is 18.4 Å². The highest BCUT2D eigenvalue weighted by molar-refractivity contribution is 7.07. The van der Waals surface area contributed by atoms with Crippen LogP contribution in [0.15, 0.2) is 35.2 Å². The Morgan fingerprint density at radius 3 is 2.96 bits per heavy atom. The molecule has 3 rings (SSSR count). The van der Waals surface area contributed by atoms with Crippen LogP contribution >= 0.6 is 11.3 Å². The standard InChI is InChI=1S/C20H28N4OS/c1-24(13-19-14-26-15-22-19)12-17-3-2-4-18(11-17)23-20(25)6-5-16-7-9-21-10-8-16/h2-4,11,14-16,21H,5-10,12-13H2,1H3,(H,23,25). The number of carbonyl (C=O) groups is 1. The number of benzene rings is 1. The predicted molar refractivity (Wildman–Crippen MR) is 107 cm³/mol. The summed E-state index contributed by atoms with van der Waals surface area (Å²) in [5.41, 5.74) is 5.04. The van der Waals surface area contributed by atoms with Crippen LogP contribution < -0.4 is 10.6 Å². The summed E-state index contributed by atoms with van der Waals surface area (Å²) in [5, 5.41) is 8.51. The number of carbonyl (C=O) groups excluding carboxylic acids is 1. The minimum Gasteiger partial charge on any atom is -0.326 e. The minimum absolute atomic E-state index is 0.122. The van der Waals surface area contributed by atoms with Crippen LogP contribution in [-0.4, -0.2) is 35.9 Å².